The SMILES string of the molecule is CN(C)C1CCCCC1NS(=O)(=O)c1cc2ccccc2nc1NCc1ccc(C(F)F)nc1. The van der Waals surface area contributed by atoms with Gasteiger partial charge in [-0.3, -0.25) is 4.98 Å². The van der Waals surface area contributed by atoms with Gasteiger partial charge in [-0.25, -0.2) is 26.9 Å². The number of halogens is 2. The zero-order chi connectivity index (χ0) is 24.3. The van der Waals surface area contributed by atoms with Crippen molar-refractivity contribution in [2.24, 2.45) is 0 Å². The van der Waals surface area contributed by atoms with E-state index in [-0.39, 0.29) is 35.0 Å². The van der Waals surface area contributed by atoms with Crippen LogP contribution in [-0.2, 0) is 16.6 Å². The Morgan fingerprint density at radius 2 is 1.88 bits per heavy atom. The summed E-state index contributed by atoms with van der Waals surface area (Å²) >= 11 is 0. The summed E-state index contributed by atoms with van der Waals surface area (Å²) in [5.41, 5.74) is 0.984. The number of nitrogens with zero attached hydrogens (tertiary/aromatic N) is 3. The van der Waals surface area contributed by atoms with Gasteiger partial charge in [-0.15, -0.1) is 0 Å². The molecule has 1 fully saturated rings. The largest absolute Gasteiger partial charge is 0.365 e. The van der Waals surface area contributed by atoms with Crippen LogP contribution in [0.1, 0.15) is 43.4 Å². The third-order valence-electron chi connectivity index (χ3n) is 6.21. The molecule has 2 unspecified atom stereocenters. The summed E-state index contributed by atoms with van der Waals surface area (Å²) in [5, 5.41) is 3.79. The number of alkyl halides is 2. The number of rotatable bonds is 8. The van der Waals surface area contributed by atoms with Crippen LogP contribution in [0, 0.1) is 0 Å². The van der Waals surface area contributed by atoms with Crippen LogP contribution in [0.15, 0.2) is 53.6 Å². The number of likely N-dealkylation sites (N-methyl/N-ethyl adjacent to an activating group) is 1. The van der Waals surface area contributed by atoms with E-state index in [1.165, 1.54) is 12.3 Å². The van der Waals surface area contributed by atoms with E-state index in [0.29, 0.717) is 16.5 Å². The molecule has 2 N–H and O–H groups in total. The topological polar surface area (TPSA) is 87.2 Å². The lowest BCUT2D eigenvalue weighted by atomic mass is 9.90. The number of nitrogens with one attached hydrogen (secondary N) is 2. The minimum atomic E-state index is -3.89. The highest BCUT2D eigenvalue weighted by atomic mass is 32.2. The van der Waals surface area contributed by atoms with Crippen LogP contribution in [-0.4, -0.2) is 49.5 Å². The Bertz CT molecular complexity index is 1240. The van der Waals surface area contributed by atoms with E-state index in [1.54, 1.807) is 12.1 Å². The van der Waals surface area contributed by atoms with Crippen molar-refractivity contribution in [1.82, 2.24) is 19.6 Å². The van der Waals surface area contributed by atoms with E-state index in [1.807, 2.05) is 38.4 Å². The summed E-state index contributed by atoms with van der Waals surface area (Å²) in [5.74, 6) is 0.210. The van der Waals surface area contributed by atoms with E-state index >= 15 is 0 Å². The fraction of sp³-hybridized carbons (Fsp3) is 0.417. The van der Waals surface area contributed by atoms with Crippen LogP contribution in [0.25, 0.3) is 10.9 Å². The third-order valence-corrected chi connectivity index (χ3v) is 7.71. The van der Waals surface area contributed by atoms with Gasteiger partial charge < -0.3 is 10.2 Å². The van der Waals surface area contributed by atoms with Gasteiger partial charge in [0.15, 0.2) is 0 Å². The van der Waals surface area contributed by atoms with Gasteiger partial charge >= 0.3 is 0 Å². The lowest BCUT2D eigenvalue weighted by Gasteiger charge is -2.36. The number of para-hydroxylation sites is 1. The summed E-state index contributed by atoms with van der Waals surface area (Å²) in [6, 6.07) is 11.7. The molecule has 1 saturated carbocycles. The Hall–Kier alpha value is -2.69. The third kappa shape index (κ3) is 5.51. The molecule has 0 saturated heterocycles. The normalized spacial score (nSPS) is 19.1. The Morgan fingerprint density at radius 1 is 1.12 bits per heavy atom. The molecule has 7 nitrogen and oxygen atoms in total. The highest BCUT2D eigenvalue weighted by molar-refractivity contribution is 7.89. The number of aromatic nitrogens is 2. The molecule has 0 radical (unpaired) electrons. The van der Waals surface area contributed by atoms with Crippen molar-refractivity contribution in [3.63, 3.8) is 0 Å². The standard InChI is InChI=1S/C24H29F2N5O2S/c1-31(2)21-10-6-5-9-19(21)30-34(32,33)22-13-17-7-3-4-8-18(17)29-24(22)28-15-16-11-12-20(23(25)26)27-14-16/h3-4,7-8,11-14,19,21,23,30H,5-6,9-10,15H2,1-2H3,(H,28,29). The molecule has 2 atom stereocenters. The first kappa shape index (κ1) is 24.4. The molecule has 1 aromatic carbocycles. The van der Waals surface area contributed by atoms with E-state index in [0.717, 1.165) is 25.7 Å². The first-order valence-electron chi connectivity index (χ1n) is 11.3. The van der Waals surface area contributed by atoms with Crippen molar-refractivity contribution in [1.29, 1.82) is 0 Å². The van der Waals surface area contributed by atoms with Crippen LogP contribution in [0.2, 0.25) is 0 Å². The van der Waals surface area contributed by atoms with Gasteiger partial charge in [-0.2, -0.15) is 0 Å². The van der Waals surface area contributed by atoms with Gasteiger partial charge in [-0.1, -0.05) is 37.1 Å². The first-order chi connectivity index (χ1) is 16.2. The van der Waals surface area contributed by atoms with Gasteiger partial charge in [0, 0.05) is 30.2 Å². The minimum Gasteiger partial charge on any atom is -0.365 e. The second-order valence-electron chi connectivity index (χ2n) is 8.82. The molecular weight excluding hydrogens is 460 g/mol. The van der Waals surface area contributed by atoms with Crippen LogP contribution >= 0.6 is 0 Å². The zero-order valence-corrected chi connectivity index (χ0v) is 20.0. The molecule has 1 aliphatic carbocycles. The van der Waals surface area contributed by atoms with Crippen molar-refractivity contribution < 1.29 is 17.2 Å². The number of hydrogen-bond donors (Lipinski definition) is 2. The highest BCUT2D eigenvalue weighted by Gasteiger charge is 2.32. The van der Waals surface area contributed by atoms with Crippen LogP contribution in [0.4, 0.5) is 14.6 Å². The van der Waals surface area contributed by atoms with Crippen molar-refractivity contribution in [3.8, 4) is 0 Å². The van der Waals surface area contributed by atoms with Crippen molar-refractivity contribution >= 4 is 26.7 Å². The minimum absolute atomic E-state index is 0.0615. The lowest BCUT2D eigenvalue weighted by molar-refractivity contribution is 0.146. The van der Waals surface area contributed by atoms with Gasteiger partial charge in [0.1, 0.15) is 16.4 Å². The average molecular weight is 490 g/mol. The number of fused-ring (bicyclic) bond motifs is 1. The van der Waals surface area contributed by atoms with Gasteiger partial charge in [0.2, 0.25) is 10.0 Å². The number of pyridine rings is 2. The summed E-state index contributed by atoms with van der Waals surface area (Å²) in [7, 11) is 0.0477. The van der Waals surface area contributed by atoms with Crippen molar-refractivity contribution in [2.45, 2.75) is 55.6 Å². The molecule has 2 heterocycles. The fourth-order valence-corrected chi connectivity index (χ4v) is 5.87. The molecule has 3 aromatic rings. The Morgan fingerprint density at radius 3 is 2.59 bits per heavy atom. The van der Waals surface area contributed by atoms with Gasteiger partial charge in [0.25, 0.3) is 6.43 Å². The van der Waals surface area contributed by atoms with Crippen molar-refractivity contribution in [3.05, 3.63) is 59.9 Å². The number of sulfonamides is 1. The van der Waals surface area contributed by atoms with E-state index in [9.17, 15) is 17.2 Å². The molecule has 34 heavy (non-hydrogen) atoms. The molecular formula is C24H29F2N5O2S. The van der Waals surface area contributed by atoms with E-state index < -0.39 is 16.4 Å². The zero-order valence-electron chi connectivity index (χ0n) is 19.2. The second-order valence-corrected chi connectivity index (χ2v) is 10.5. The summed E-state index contributed by atoms with van der Waals surface area (Å²) in [6.07, 6.45) is 2.46. The maximum absolute atomic E-state index is 13.6. The van der Waals surface area contributed by atoms with Crippen LogP contribution in [0.3, 0.4) is 0 Å². The van der Waals surface area contributed by atoms with Gasteiger partial charge in [-0.05, 0) is 50.7 Å². The molecule has 0 bridgehead atoms. The number of benzene rings is 1. The predicted octanol–water partition coefficient (Wildman–Crippen LogP) is 4.33. The summed E-state index contributed by atoms with van der Waals surface area (Å²) in [4.78, 5) is 10.5. The fourth-order valence-electron chi connectivity index (χ4n) is 4.41. The molecule has 10 heteroatoms. The molecule has 0 aliphatic heterocycles. The quantitative estimate of drug-likeness (QED) is 0.490. The molecule has 182 valence electrons. The van der Waals surface area contributed by atoms with Crippen LogP contribution < -0.4 is 10.0 Å². The van der Waals surface area contributed by atoms with E-state index in [4.69, 9.17) is 0 Å². The number of anilines is 1. The maximum Gasteiger partial charge on any atom is 0.280 e. The molecule has 2 aromatic heterocycles. The van der Waals surface area contributed by atoms with Gasteiger partial charge in [0.05, 0.1) is 5.52 Å². The smallest absolute Gasteiger partial charge is 0.280 e. The number of hydrogen-bond acceptors (Lipinski definition) is 6. The Labute approximate surface area is 198 Å². The van der Waals surface area contributed by atoms with E-state index in [2.05, 4.69) is 24.9 Å². The average Bonchev–Trinajstić information content (AvgIpc) is 2.82. The molecule has 1 aliphatic rings. The second kappa shape index (κ2) is 10.3. The molecule has 0 amide bonds. The maximum atomic E-state index is 13.6. The monoisotopic (exact) mass is 489 g/mol. The lowest BCUT2D eigenvalue weighted by Crippen LogP contribution is -2.51. The molecule has 0 spiro atoms. The Kier molecular flexibility index (Phi) is 7.39. The van der Waals surface area contributed by atoms with Crippen LogP contribution in [0.5, 0.6) is 0 Å². The summed E-state index contributed by atoms with van der Waals surface area (Å²) in [6.45, 7) is 0.189. The van der Waals surface area contributed by atoms with Crippen molar-refractivity contribution in [2.75, 3.05) is 19.4 Å². The summed E-state index contributed by atoms with van der Waals surface area (Å²) < 4.78 is 55.6. The predicted molar refractivity (Wildman–Crippen MR) is 128 cm³/mol. The molecule has 4 rings (SSSR count). The highest BCUT2D eigenvalue weighted by Crippen LogP contribution is 2.28. The first-order valence-corrected chi connectivity index (χ1v) is 12.8. The Balaban J connectivity index is 1.64.